The van der Waals surface area contributed by atoms with E-state index in [-0.39, 0.29) is 12.0 Å². The van der Waals surface area contributed by atoms with Gasteiger partial charge in [-0.15, -0.1) is 0 Å². The topological polar surface area (TPSA) is 49.9 Å². The molecule has 2 heterocycles. The normalized spacial score (nSPS) is 22.1. The van der Waals surface area contributed by atoms with Crippen LogP contribution in [0.15, 0.2) is 0 Å². The van der Waals surface area contributed by atoms with Crippen molar-refractivity contribution in [1.82, 2.24) is 9.80 Å². The van der Waals surface area contributed by atoms with Crippen LogP contribution in [0.2, 0.25) is 0 Å². The fourth-order valence-corrected chi connectivity index (χ4v) is 2.63. The lowest BCUT2D eigenvalue weighted by Crippen LogP contribution is -2.47. The van der Waals surface area contributed by atoms with Gasteiger partial charge in [0.15, 0.2) is 0 Å². The van der Waals surface area contributed by atoms with Crippen LogP contribution >= 0.6 is 0 Å². The van der Waals surface area contributed by atoms with Crippen molar-refractivity contribution >= 4 is 12.0 Å². The van der Waals surface area contributed by atoms with Gasteiger partial charge in [-0.25, -0.2) is 4.79 Å². The highest BCUT2D eigenvalue weighted by molar-refractivity contribution is 5.78. The first-order chi connectivity index (χ1) is 8.22. The van der Waals surface area contributed by atoms with Gasteiger partial charge in [0.2, 0.25) is 5.91 Å². The van der Waals surface area contributed by atoms with E-state index >= 15 is 0 Å². The molecule has 5 heteroatoms. The molecule has 2 saturated heterocycles. The lowest BCUT2D eigenvalue weighted by atomic mass is 10.0. The Morgan fingerprint density at radius 3 is 2.59 bits per heavy atom. The molecule has 2 aliphatic rings. The third-order valence-electron chi connectivity index (χ3n) is 3.54. The number of ether oxygens (including phenoxy) is 1. The second-order valence-electron chi connectivity index (χ2n) is 4.61. The van der Waals surface area contributed by atoms with Crippen molar-refractivity contribution in [2.24, 2.45) is 0 Å². The van der Waals surface area contributed by atoms with E-state index in [1.54, 1.807) is 4.90 Å². The highest BCUT2D eigenvalue weighted by Crippen LogP contribution is 2.22. The van der Waals surface area contributed by atoms with Gasteiger partial charge < -0.3 is 14.5 Å². The minimum atomic E-state index is -0.223. The maximum Gasteiger partial charge on any atom is 0.409 e. The monoisotopic (exact) mass is 240 g/mol. The summed E-state index contributed by atoms with van der Waals surface area (Å²) < 4.78 is 4.97. The molecular weight excluding hydrogens is 220 g/mol. The Hall–Kier alpha value is -1.26. The highest BCUT2D eigenvalue weighted by Gasteiger charge is 2.32. The lowest BCUT2D eigenvalue weighted by Gasteiger charge is -2.36. The molecule has 0 saturated carbocycles. The highest BCUT2D eigenvalue weighted by atomic mass is 16.6. The molecule has 5 nitrogen and oxygen atoms in total. The van der Waals surface area contributed by atoms with Crippen LogP contribution in [0.5, 0.6) is 0 Å². The molecule has 0 aromatic heterocycles. The first-order valence-corrected chi connectivity index (χ1v) is 6.43. The molecule has 0 spiro atoms. The number of amides is 2. The molecule has 0 atom stereocenters. The molecule has 17 heavy (non-hydrogen) atoms. The zero-order valence-corrected chi connectivity index (χ0v) is 10.4. The number of carbonyl (C=O) groups excluding carboxylic acids is 2. The summed E-state index contributed by atoms with van der Waals surface area (Å²) in [5.41, 5.74) is 0. The molecule has 2 rings (SSSR count). The van der Waals surface area contributed by atoms with Gasteiger partial charge in [0.05, 0.1) is 6.61 Å². The summed E-state index contributed by atoms with van der Waals surface area (Å²) in [6.45, 7) is 4.53. The second kappa shape index (κ2) is 5.38. The van der Waals surface area contributed by atoms with Crippen molar-refractivity contribution in [2.75, 3.05) is 26.2 Å². The smallest absolute Gasteiger partial charge is 0.409 e. The zero-order chi connectivity index (χ0) is 12.3. The van der Waals surface area contributed by atoms with E-state index in [2.05, 4.69) is 0 Å². The van der Waals surface area contributed by atoms with Crippen molar-refractivity contribution in [1.29, 1.82) is 0 Å². The van der Waals surface area contributed by atoms with Crippen molar-refractivity contribution in [3.05, 3.63) is 0 Å². The largest absolute Gasteiger partial charge is 0.450 e. The van der Waals surface area contributed by atoms with E-state index in [0.717, 1.165) is 25.8 Å². The molecule has 0 bridgehead atoms. The van der Waals surface area contributed by atoms with Gasteiger partial charge in [0, 0.05) is 32.1 Å². The molecule has 0 unspecified atom stereocenters. The Morgan fingerprint density at radius 2 is 2.06 bits per heavy atom. The fraction of sp³-hybridized carbons (Fsp3) is 0.833. The Morgan fingerprint density at radius 1 is 1.35 bits per heavy atom. The summed E-state index contributed by atoms with van der Waals surface area (Å²) in [4.78, 5) is 26.9. The summed E-state index contributed by atoms with van der Waals surface area (Å²) in [6.07, 6.45) is 3.21. The summed E-state index contributed by atoms with van der Waals surface area (Å²) >= 11 is 0. The van der Waals surface area contributed by atoms with E-state index in [4.69, 9.17) is 4.74 Å². The Bertz CT molecular complexity index is 298. The molecule has 0 aromatic rings. The third kappa shape index (κ3) is 2.70. The summed E-state index contributed by atoms with van der Waals surface area (Å²) in [5, 5.41) is 0. The number of rotatable bonds is 2. The first kappa shape index (κ1) is 12.2. The van der Waals surface area contributed by atoms with Gasteiger partial charge in [-0.3, -0.25) is 4.79 Å². The van der Waals surface area contributed by atoms with Gasteiger partial charge in [-0.05, 0) is 26.2 Å². The molecule has 2 amide bonds. The van der Waals surface area contributed by atoms with Crippen LogP contribution in [0.1, 0.15) is 32.6 Å². The maximum absolute atomic E-state index is 11.6. The Kier molecular flexibility index (Phi) is 3.86. The van der Waals surface area contributed by atoms with E-state index in [9.17, 15) is 9.59 Å². The standard InChI is InChI=1S/C12H20N2O3/c1-2-17-12(16)13-8-5-10(6-9-13)14-7-3-4-11(14)15/h10H,2-9H2,1H3. The maximum atomic E-state index is 11.6. The summed E-state index contributed by atoms with van der Waals surface area (Å²) in [6, 6.07) is 0.329. The predicted octanol–water partition coefficient (Wildman–Crippen LogP) is 1.23. The quantitative estimate of drug-likeness (QED) is 0.729. The van der Waals surface area contributed by atoms with E-state index < -0.39 is 0 Å². The number of hydrogen-bond acceptors (Lipinski definition) is 3. The van der Waals surface area contributed by atoms with E-state index in [1.807, 2.05) is 11.8 Å². The number of piperidine rings is 1. The van der Waals surface area contributed by atoms with Crippen LogP contribution in [-0.4, -0.2) is 54.1 Å². The molecule has 2 fully saturated rings. The number of carbonyl (C=O) groups is 2. The number of likely N-dealkylation sites (tertiary alicyclic amines) is 2. The van der Waals surface area contributed by atoms with Crippen LogP contribution in [0.25, 0.3) is 0 Å². The van der Waals surface area contributed by atoms with Gasteiger partial charge >= 0.3 is 6.09 Å². The zero-order valence-electron chi connectivity index (χ0n) is 10.4. The molecule has 2 aliphatic heterocycles. The second-order valence-corrected chi connectivity index (χ2v) is 4.61. The van der Waals surface area contributed by atoms with Gasteiger partial charge in [-0.1, -0.05) is 0 Å². The Labute approximate surface area is 102 Å². The molecule has 0 aromatic carbocycles. The van der Waals surface area contributed by atoms with Crippen LogP contribution in [-0.2, 0) is 9.53 Å². The summed E-state index contributed by atoms with van der Waals surface area (Å²) in [7, 11) is 0. The molecule has 0 radical (unpaired) electrons. The van der Waals surface area contributed by atoms with Gasteiger partial charge in [0.25, 0.3) is 0 Å². The van der Waals surface area contributed by atoms with Crippen LogP contribution in [0.3, 0.4) is 0 Å². The van der Waals surface area contributed by atoms with Crippen molar-refractivity contribution in [3.8, 4) is 0 Å². The summed E-state index contributed by atoms with van der Waals surface area (Å²) in [5.74, 6) is 0.277. The van der Waals surface area contributed by atoms with E-state index in [1.165, 1.54) is 0 Å². The minimum Gasteiger partial charge on any atom is -0.450 e. The minimum absolute atomic E-state index is 0.223. The van der Waals surface area contributed by atoms with E-state index in [0.29, 0.717) is 32.2 Å². The number of nitrogens with zero attached hydrogens (tertiary/aromatic N) is 2. The van der Waals surface area contributed by atoms with Gasteiger partial charge in [0.1, 0.15) is 0 Å². The SMILES string of the molecule is CCOC(=O)N1CCC(N2CCCC2=O)CC1. The van der Waals surface area contributed by atoms with Crippen LogP contribution in [0.4, 0.5) is 4.79 Å². The number of hydrogen-bond donors (Lipinski definition) is 0. The van der Waals surface area contributed by atoms with Crippen LogP contribution < -0.4 is 0 Å². The predicted molar refractivity (Wildman–Crippen MR) is 62.6 cm³/mol. The average molecular weight is 240 g/mol. The lowest BCUT2D eigenvalue weighted by molar-refractivity contribution is -0.130. The van der Waals surface area contributed by atoms with Crippen molar-refractivity contribution in [3.63, 3.8) is 0 Å². The molecule has 96 valence electrons. The molecule has 0 aliphatic carbocycles. The average Bonchev–Trinajstić information content (AvgIpc) is 2.76. The van der Waals surface area contributed by atoms with Crippen LogP contribution in [0, 0.1) is 0 Å². The van der Waals surface area contributed by atoms with Gasteiger partial charge in [-0.2, -0.15) is 0 Å². The third-order valence-corrected chi connectivity index (χ3v) is 3.54. The fourth-order valence-electron chi connectivity index (χ4n) is 2.63. The van der Waals surface area contributed by atoms with Crippen molar-refractivity contribution in [2.45, 2.75) is 38.6 Å². The van der Waals surface area contributed by atoms with Crippen molar-refractivity contribution < 1.29 is 14.3 Å². The Balaban J connectivity index is 1.81. The first-order valence-electron chi connectivity index (χ1n) is 6.43. The molecular formula is C12H20N2O3. The molecule has 0 N–H and O–H groups in total.